The minimum absolute atomic E-state index is 0.0896. The number of nitrogens with zero attached hydrogens (tertiary/aromatic N) is 1. The molecule has 1 rings (SSSR count). The van der Waals surface area contributed by atoms with Crippen LogP contribution >= 0.6 is 0 Å². The Morgan fingerprint density at radius 3 is 2.24 bits per heavy atom. The van der Waals surface area contributed by atoms with Crippen molar-refractivity contribution in [3.05, 3.63) is 0 Å². The third kappa shape index (κ3) is 5.00. The minimum Gasteiger partial charge on any atom is -0.481 e. The molecule has 120 valence electrons. The highest BCUT2D eigenvalue weighted by atomic mass is 16.4. The molecule has 2 atom stereocenters. The van der Waals surface area contributed by atoms with Gasteiger partial charge in [0.05, 0.1) is 18.4 Å². The summed E-state index contributed by atoms with van der Waals surface area (Å²) in [6.45, 7) is 6.41. The van der Waals surface area contributed by atoms with Gasteiger partial charge >= 0.3 is 11.9 Å². The summed E-state index contributed by atoms with van der Waals surface area (Å²) in [5, 5.41) is 21.1. The number of carboxylic acids is 2. The Morgan fingerprint density at radius 2 is 1.76 bits per heavy atom. The standard InChI is InChI=1S/C14H24N2O5/c1-4-14(2,3)15-11(17)8-16-6-5-9(12(18)19)10(7-16)13(20)21/h9-10H,4-8H2,1-3H3,(H,15,17)(H,18,19)(H,20,21). The molecule has 0 radical (unpaired) electrons. The third-order valence-corrected chi connectivity index (χ3v) is 4.06. The number of aliphatic carboxylic acids is 2. The van der Waals surface area contributed by atoms with E-state index in [4.69, 9.17) is 10.2 Å². The molecule has 0 saturated carbocycles. The second-order valence-electron chi connectivity index (χ2n) is 6.20. The van der Waals surface area contributed by atoms with Crippen LogP contribution in [0.3, 0.4) is 0 Å². The number of carboxylic acid groups (broad SMARTS) is 2. The van der Waals surface area contributed by atoms with E-state index in [2.05, 4.69) is 5.32 Å². The maximum Gasteiger partial charge on any atom is 0.308 e. The molecule has 0 aromatic rings. The summed E-state index contributed by atoms with van der Waals surface area (Å²) in [6, 6.07) is 0. The number of amides is 1. The summed E-state index contributed by atoms with van der Waals surface area (Å²) in [6.07, 6.45) is 1.04. The van der Waals surface area contributed by atoms with Crippen molar-refractivity contribution in [3.63, 3.8) is 0 Å². The van der Waals surface area contributed by atoms with Gasteiger partial charge in [-0.1, -0.05) is 6.92 Å². The lowest BCUT2D eigenvalue weighted by atomic mass is 9.85. The van der Waals surface area contributed by atoms with Gasteiger partial charge in [-0.25, -0.2) is 0 Å². The van der Waals surface area contributed by atoms with E-state index in [1.54, 1.807) is 4.90 Å². The van der Waals surface area contributed by atoms with Crippen LogP contribution in [-0.2, 0) is 14.4 Å². The summed E-state index contributed by atoms with van der Waals surface area (Å²) in [4.78, 5) is 35.9. The Labute approximate surface area is 124 Å². The molecule has 0 aromatic carbocycles. The minimum atomic E-state index is -1.12. The Kier molecular flexibility index (Phi) is 5.71. The second kappa shape index (κ2) is 6.89. The number of piperidine rings is 1. The van der Waals surface area contributed by atoms with E-state index in [0.29, 0.717) is 6.54 Å². The van der Waals surface area contributed by atoms with Crippen molar-refractivity contribution < 1.29 is 24.6 Å². The van der Waals surface area contributed by atoms with E-state index in [1.165, 1.54) is 0 Å². The number of carbonyl (C=O) groups excluding carboxylic acids is 1. The monoisotopic (exact) mass is 300 g/mol. The molecule has 0 aliphatic carbocycles. The number of nitrogens with one attached hydrogen (secondary N) is 1. The first-order chi connectivity index (χ1) is 9.66. The molecule has 1 heterocycles. The highest BCUT2D eigenvalue weighted by Crippen LogP contribution is 2.24. The Morgan fingerprint density at radius 1 is 1.19 bits per heavy atom. The van der Waals surface area contributed by atoms with Crippen LogP contribution in [0.2, 0.25) is 0 Å². The molecule has 0 aromatic heterocycles. The fourth-order valence-corrected chi connectivity index (χ4v) is 2.42. The zero-order valence-corrected chi connectivity index (χ0v) is 12.8. The van der Waals surface area contributed by atoms with Gasteiger partial charge in [0.1, 0.15) is 0 Å². The van der Waals surface area contributed by atoms with E-state index >= 15 is 0 Å². The van der Waals surface area contributed by atoms with Crippen molar-refractivity contribution in [3.8, 4) is 0 Å². The first-order valence-corrected chi connectivity index (χ1v) is 7.15. The van der Waals surface area contributed by atoms with Gasteiger partial charge in [0.15, 0.2) is 0 Å². The fourth-order valence-electron chi connectivity index (χ4n) is 2.42. The van der Waals surface area contributed by atoms with E-state index < -0.39 is 23.8 Å². The zero-order valence-electron chi connectivity index (χ0n) is 12.8. The van der Waals surface area contributed by atoms with Gasteiger partial charge in [-0.3, -0.25) is 19.3 Å². The van der Waals surface area contributed by atoms with Gasteiger partial charge in [-0.15, -0.1) is 0 Å². The first kappa shape index (κ1) is 17.4. The Bertz CT molecular complexity index is 422. The normalized spacial score (nSPS) is 23.6. The van der Waals surface area contributed by atoms with Crippen molar-refractivity contribution in [2.75, 3.05) is 19.6 Å². The van der Waals surface area contributed by atoms with E-state index in [-0.39, 0.29) is 31.0 Å². The molecule has 1 saturated heterocycles. The molecule has 1 aliphatic rings. The lowest BCUT2D eigenvalue weighted by molar-refractivity contribution is -0.157. The largest absolute Gasteiger partial charge is 0.481 e. The second-order valence-corrected chi connectivity index (χ2v) is 6.20. The van der Waals surface area contributed by atoms with Gasteiger partial charge in [0.2, 0.25) is 5.91 Å². The molecule has 0 spiro atoms. The summed E-state index contributed by atoms with van der Waals surface area (Å²) < 4.78 is 0. The average molecular weight is 300 g/mol. The quantitative estimate of drug-likeness (QED) is 0.655. The van der Waals surface area contributed by atoms with Gasteiger partial charge in [0, 0.05) is 12.1 Å². The molecule has 21 heavy (non-hydrogen) atoms. The SMILES string of the molecule is CCC(C)(C)NC(=O)CN1CCC(C(=O)O)C(C(=O)O)C1. The Balaban J connectivity index is 2.61. The van der Waals surface area contributed by atoms with Gasteiger partial charge in [0.25, 0.3) is 0 Å². The number of hydrogen-bond acceptors (Lipinski definition) is 4. The van der Waals surface area contributed by atoms with Crippen molar-refractivity contribution in [2.45, 2.75) is 39.2 Å². The molecule has 1 amide bonds. The van der Waals surface area contributed by atoms with Crippen LogP contribution in [-0.4, -0.2) is 58.1 Å². The molecular formula is C14H24N2O5. The third-order valence-electron chi connectivity index (χ3n) is 4.06. The molecule has 7 heteroatoms. The first-order valence-electron chi connectivity index (χ1n) is 7.15. The van der Waals surface area contributed by atoms with Crippen molar-refractivity contribution in [2.24, 2.45) is 11.8 Å². The van der Waals surface area contributed by atoms with Crippen LogP contribution in [0.5, 0.6) is 0 Å². The van der Waals surface area contributed by atoms with Crippen molar-refractivity contribution in [1.29, 1.82) is 0 Å². The predicted octanol–water partition coefficient (Wildman–Crippen LogP) is 0.399. The summed E-state index contributed by atoms with van der Waals surface area (Å²) in [7, 11) is 0. The van der Waals surface area contributed by atoms with Crippen molar-refractivity contribution in [1.82, 2.24) is 10.2 Å². The molecule has 2 unspecified atom stereocenters. The highest BCUT2D eigenvalue weighted by Gasteiger charge is 2.39. The van der Waals surface area contributed by atoms with Crippen LogP contribution in [0, 0.1) is 11.8 Å². The molecular weight excluding hydrogens is 276 g/mol. The maximum absolute atomic E-state index is 12.0. The molecule has 1 aliphatic heterocycles. The van der Waals surface area contributed by atoms with Gasteiger partial charge in [-0.05, 0) is 33.2 Å². The number of hydrogen-bond donors (Lipinski definition) is 3. The highest BCUT2D eigenvalue weighted by molar-refractivity contribution is 5.81. The Hall–Kier alpha value is -1.63. The summed E-state index contributed by atoms with van der Waals surface area (Å²) in [5.74, 6) is -4.23. The van der Waals surface area contributed by atoms with E-state index in [0.717, 1.165) is 6.42 Å². The summed E-state index contributed by atoms with van der Waals surface area (Å²) in [5.41, 5.74) is -0.303. The van der Waals surface area contributed by atoms with Crippen LogP contribution < -0.4 is 5.32 Å². The topological polar surface area (TPSA) is 107 Å². The lowest BCUT2D eigenvalue weighted by Crippen LogP contribution is -2.52. The maximum atomic E-state index is 12.0. The lowest BCUT2D eigenvalue weighted by Gasteiger charge is -2.35. The van der Waals surface area contributed by atoms with Crippen LogP contribution in [0.15, 0.2) is 0 Å². The van der Waals surface area contributed by atoms with Crippen LogP contribution in [0.25, 0.3) is 0 Å². The molecule has 1 fully saturated rings. The van der Waals surface area contributed by atoms with Crippen molar-refractivity contribution >= 4 is 17.8 Å². The van der Waals surface area contributed by atoms with E-state index in [9.17, 15) is 14.4 Å². The number of rotatable bonds is 6. The summed E-state index contributed by atoms with van der Waals surface area (Å²) >= 11 is 0. The molecule has 0 bridgehead atoms. The fraction of sp³-hybridized carbons (Fsp3) is 0.786. The van der Waals surface area contributed by atoms with Crippen LogP contribution in [0.4, 0.5) is 0 Å². The smallest absolute Gasteiger partial charge is 0.308 e. The number of carbonyl (C=O) groups is 3. The predicted molar refractivity (Wildman–Crippen MR) is 75.8 cm³/mol. The van der Waals surface area contributed by atoms with Crippen LogP contribution in [0.1, 0.15) is 33.6 Å². The number of likely N-dealkylation sites (tertiary alicyclic amines) is 1. The van der Waals surface area contributed by atoms with Gasteiger partial charge < -0.3 is 15.5 Å². The van der Waals surface area contributed by atoms with Gasteiger partial charge in [-0.2, -0.15) is 0 Å². The zero-order chi connectivity index (χ0) is 16.2. The van der Waals surface area contributed by atoms with E-state index in [1.807, 2.05) is 20.8 Å². The average Bonchev–Trinajstić information content (AvgIpc) is 2.37. The molecule has 3 N–H and O–H groups in total. The molecule has 7 nitrogen and oxygen atoms in total.